The van der Waals surface area contributed by atoms with Gasteiger partial charge in [0.05, 0.1) is 11.8 Å². The lowest BCUT2D eigenvalue weighted by Crippen LogP contribution is -2.29. The van der Waals surface area contributed by atoms with Crippen molar-refractivity contribution >= 4 is 28.5 Å². The van der Waals surface area contributed by atoms with Gasteiger partial charge in [-0.2, -0.15) is 0 Å². The molecule has 0 fully saturated rings. The molecule has 1 aliphatic rings. The summed E-state index contributed by atoms with van der Waals surface area (Å²) in [5, 5.41) is 3.28. The lowest BCUT2D eigenvalue weighted by atomic mass is 9.89. The molecular formula is C22H20FN3O2S. The molecule has 0 saturated carbocycles. The highest BCUT2D eigenvalue weighted by Gasteiger charge is 2.32. The molecule has 1 aromatic heterocycles. The van der Waals surface area contributed by atoms with Gasteiger partial charge in [0.25, 0.3) is 5.91 Å². The van der Waals surface area contributed by atoms with E-state index in [1.807, 2.05) is 31.2 Å². The second kappa shape index (κ2) is 7.75. The van der Waals surface area contributed by atoms with Crippen LogP contribution in [-0.2, 0) is 5.54 Å². The molecule has 2 heterocycles. The van der Waals surface area contributed by atoms with Crippen molar-refractivity contribution in [2.75, 3.05) is 11.1 Å². The van der Waals surface area contributed by atoms with Gasteiger partial charge in [-0.25, -0.2) is 4.39 Å². The van der Waals surface area contributed by atoms with Crippen LogP contribution in [0, 0.1) is 5.82 Å². The van der Waals surface area contributed by atoms with Crippen LogP contribution in [0.4, 0.5) is 10.1 Å². The summed E-state index contributed by atoms with van der Waals surface area (Å²) in [6.07, 6.45) is 2.27. The minimum absolute atomic E-state index is 0.277. The molecule has 1 unspecified atom stereocenters. The highest BCUT2D eigenvalue weighted by molar-refractivity contribution is 8.13. The number of halogens is 1. The molecule has 0 saturated heterocycles. The Balaban J connectivity index is 1.55. The van der Waals surface area contributed by atoms with Crippen LogP contribution in [0.15, 0.2) is 70.3 Å². The molecule has 3 aromatic rings. The number of rotatable bonds is 4. The predicted octanol–water partition coefficient (Wildman–Crippen LogP) is 5.00. The van der Waals surface area contributed by atoms with E-state index in [9.17, 15) is 9.18 Å². The lowest BCUT2D eigenvalue weighted by Gasteiger charge is -2.30. The number of amidine groups is 1. The molecule has 1 atom stereocenters. The van der Waals surface area contributed by atoms with Crippen molar-refractivity contribution in [1.29, 1.82) is 0 Å². The zero-order chi connectivity index (χ0) is 20.4. The molecule has 1 amide bonds. The van der Waals surface area contributed by atoms with Crippen LogP contribution < -0.4 is 11.1 Å². The van der Waals surface area contributed by atoms with Crippen molar-refractivity contribution in [2.45, 2.75) is 18.9 Å². The first-order valence-electron chi connectivity index (χ1n) is 9.18. The average Bonchev–Trinajstić information content (AvgIpc) is 3.24. The highest BCUT2D eigenvalue weighted by atomic mass is 32.2. The molecule has 5 nitrogen and oxygen atoms in total. The normalized spacial score (nSPS) is 18.9. The molecule has 3 N–H and O–H groups in total. The Morgan fingerprint density at radius 3 is 2.72 bits per heavy atom. The molecule has 0 spiro atoms. The van der Waals surface area contributed by atoms with Crippen LogP contribution in [0.5, 0.6) is 0 Å². The minimum Gasteiger partial charge on any atom is -0.464 e. The Hall–Kier alpha value is -3.06. The van der Waals surface area contributed by atoms with Crippen molar-refractivity contribution in [2.24, 2.45) is 10.7 Å². The van der Waals surface area contributed by atoms with E-state index < -0.39 is 5.54 Å². The number of thioether (sulfide) groups is 1. The summed E-state index contributed by atoms with van der Waals surface area (Å²) in [4.78, 5) is 17.1. The first kappa shape index (κ1) is 19.3. The number of anilines is 1. The summed E-state index contributed by atoms with van der Waals surface area (Å²) < 4.78 is 19.9. The van der Waals surface area contributed by atoms with Gasteiger partial charge in [-0.15, -0.1) is 0 Å². The van der Waals surface area contributed by atoms with E-state index >= 15 is 0 Å². The highest BCUT2D eigenvalue weighted by Crippen LogP contribution is 2.37. The maximum Gasteiger partial charge on any atom is 0.255 e. The first-order valence-corrected chi connectivity index (χ1v) is 10.2. The Labute approximate surface area is 172 Å². The standard InChI is InChI=1S/C22H20FN3O2S/c1-22(10-12-29-21(24)26-22)17-13-16(8-9-18(17)23)25-20(27)15-6-4-14(5-7-15)19-3-2-11-28-19/h2-9,11,13H,10,12H2,1H3,(H2,24,26)(H,25,27). The zero-order valence-corrected chi connectivity index (χ0v) is 16.6. The van der Waals surface area contributed by atoms with E-state index in [4.69, 9.17) is 10.2 Å². The number of hydrogen-bond acceptors (Lipinski definition) is 5. The SMILES string of the molecule is CC1(c2cc(NC(=O)c3ccc(-c4ccco4)cc3)ccc2F)CCSC(N)=N1. The van der Waals surface area contributed by atoms with Crippen molar-refractivity contribution in [3.63, 3.8) is 0 Å². The van der Waals surface area contributed by atoms with Gasteiger partial charge in [-0.3, -0.25) is 9.79 Å². The number of carbonyl (C=O) groups is 1. The molecule has 4 rings (SSSR count). The van der Waals surface area contributed by atoms with E-state index in [0.717, 1.165) is 17.1 Å². The number of nitrogens with two attached hydrogens (primary N) is 1. The predicted molar refractivity (Wildman–Crippen MR) is 115 cm³/mol. The van der Waals surface area contributed by atoms with Crippen molar-refractivity contribution in [3.8, 4) is 11.3 Å². The Morgan fingerprint density at radius 2 is 2.03 bits per heavy atom. The number of furan rings is 1. The van der Waals surface area contributed by atoms with Crippen LogP contribution in [0.25, 0.3) is 11.3 Å². The summed E-state index contributed by atoms with van der Waals surface area (Å²) in [5.41, 5.74) is 7.42. The third-order valence-electron chi connectivity index (χ3n) is 4.95. The van der Waals surface area contributed by atoms with Gasteiger partial charge in [-0.1, -0.05) is 23.9 Å². The quantitative estimate of drug-likeness (QED) is 0.635. The van der Waals surface area contributed by atoms with Gasteiger partial charge in [0.1, 0.15) is 11.6 Å². The zero-order valence-electron chi connectivity index (χ0n) is 15.8. The Bertz CT molecular complexity index is 1060. The molecule has 0 bridgehead atoms. The second-order valence-electron chi connectivity index (χ2n) is 7.03. The van der Waals surface area contributed by atoms with Crippen molar-refractivity contribution < 1.29 is 13.6 Å². The van der Waals surface area contributed by atoms with E-state index in [1.54, 1.807) is 30.5 Å². The van der Waals surface area contributed by atoms with Crippen LogP contribution in [0.2, 0.25) is 0 Å². The van der Waals surface area contributed by atoms with Gasteiger partial charge in [0.2, 0.25) is 0 Å². The number of amides is 1. The fraction of sp³-hybridized carbons (Fsp3) is 0.182. The second-order valence-corrected chi connectivity index (χ2v) is 8.14. The Morgan fingerprint density at radius 1 is 1.24 bits per heavy atom. The maximum atomic E-state index is 14.5. The smallest absolute Gasteiger partial charge is 0.255 e. The molecule has 29 heavy (non-hydrogen) atoms. The van der Waals surface area contributed by atoms with Gasteiger partial charge >= 0.3 is 0 Å². The van der Waals surface area contributed by atoms with Crippen LogP contribution in [0.1, 0.15) is 29.3 Å². The molecule has 7 heteroatoms. The number of carbonyl (C=O) groups excluding carboxylic acids is 1. The van der Waals surface area contributed by atoms with Crippen LogP contribution in [0.3, 0.4) is 0 Å². The van der Waals surface area contributed by atoms with Crippen molar-refractivity contribution in [3.05, 3.63) is 77.8 Å². The molecule has 1 aliphatic heterocycles. The number of nitrogens with one attached hydrogen (secondary N) is 1. The van der Waals surface area contributed by atoms with Gasteiger partial charge in [-0.05, 0) is 55.8 Å². The summed E-state index contributed by atoms with van der Waals surface area (Å²) in [5.74, 6) is 0.862. The van der Waals surface area contributed by atoms with E-state index in [-0.39, 0.29) is 11.7 Å². The topological polar surface area (TPSA) is 80.6 Å². The summed E-state index contributed by atoms with van der Waals surface area (Å²) in [6.45, 7) is 1.86. The van der Waals surface area contributed by atoms with E-state index in [2.05, 4.69) is 10.3 Å². The van der Waals surface area contributed by atoms with Gasteiger partial charge in [0.15, 0.2) is 5.17 Å². The van der Waals surface area contributed by atoms with E-state index in [0.29, 0.717) is 28.4 Å². The third-order valence-corrected chi connectivity index (χ3v) is 5.75. The lowest BCUT2D eigenvalue weighted by molar-refractivity contribution is 0.102. The fourth-order valence-corrected chi connectivity index (χ4v) is 4.30. The number of aliphatic imine (C=N–C) groups is 1. The summed E-state index contributed by atoms with van der Waals surface area (Å²) in [7, 11) is 0. The number of benzene rings is 2. The molecular weight excluding hydrogens is 389 g/mol. The molecule has 0 aliphatic carbocycles. The Kier molecular flexibility index (Phi) is 5.15. The average molecular weight is 409 g/mol. The molecule has 2 aromatic carbocycles. The van der Waals surface area contributed by atoms with Crippen LogP contribution >= 0.6 is 11.8 Å². The largest absolute Gasteiger partial charge is 0.464 e. The fourth-order valence-electron chi connectivity index (χ4n) is 3.33. The monoisotopic (exact) mass is 409 g/mol. The van der Waals surface area contributed by atoms with E-state index in [1.165, 1.54) is 17.8 Å². The van der Waals surface area contributed by atoms with Crippen LogP contribution in [-0.4, -0.2) is 16.8 Å². The van der Waals surface area contributed by atoms with Crippen molar-refractivity contribution in [1.82, 2.24) is 0 Å². The number of nitrogens with zero attached hydrogens (tertiary/aromatic N) is 1. The number of hydrogen-bond donors (Lipinski definition) is 2. The van der Waals surface area contributed by atoms with Gasteiger partial charge < -0.3 is 15.5 Å². The summed E-state index contributed by atoms with van der Waals surface area (Å²) >= 11 is 1.46. The molecule has 0 radical (unpaired) electrons. The third kappa shape index (κ3) is 4.05. The first-order chi connectivity index (χ1) is 13.9. The summed E-state index contributed by atoms with van der Waals surface area (Å²) in [6, 6.07) is 15.3. The minimum atomic E-state index is -0.745. The molecule has 148 valence electrons. The van der Waals surface area contributed by atoms with Gasteiger partial charge in [0, 0.05) is 28.1 Å². The maximum absolute atomic E-state index is 14.5.